The van der Waals surface area contributed by atoms with Crippen molar-refractivity contribution in [1.29, 1.82) is 0 Å². The predicted molar refractivity (Wildman–Crippen MR) is 72.7 cm³/mol. The molecule has 1 aliphatic rings. The smallest absolute Gasteiger partial charge is 0.209 e. The number of ether oxygens (including phenoxy) is 1. The zero-order valence-electron chi connectivity index (χ0n) is 11.1. The van der Waals surface area contributed by atoms with E-state index in [1.807, 2.05) is 31.2 Å². The molecule has 0 radical (unpaired) electrons. The number of aromatic nitrogens is 1. The van der Waals surface area contributed by atoms with Crippen LogP contribution in [0, 0.1) is 0 Å². The van der Waals surface area contributed by atoms with Gasteiger partial charge in [0.05, 0.1) is 19.3 Å². The van der Waals surface area contributed by atoms with Crippen molar-refractivity contribution in [2.24, 2.45) is 5.73 Å². The van der Waals surface area contributed by atoms with Crippen LogP contribution in [0.2, 0.25) is 0 Å². The normalized spacial score (nSPS) is 22.7. The fraction of sp³-hybridized carbons (Fsp3) is 0.500. The van der Waals surface area contributed by atoms with Gasteiger partial charge in [-0.1, -0.05) is 12.1 Å². The summed E-state index contributed by atoms with van der Waals surface area (Å²) in [5.74, 6) is 0.756. The van der Waals surface area contributed by atoms with Gasteiger partial charge in [-0.05, 0) is 19.1 Å². The van der Waals surface area contributed by atoms with E-state index in [2.05, 4.69) is 9.88 Å². The van der Waals surface area contributed by atoms with Crippen molar-refractivity contribution in [3.8, 4) is 0 Å². The van der Waals surface area contributed by atoms with E-state index in [9.17, 15) is 0 Å². The Morgan fingerprint density at radius 2 is 2.32 bits per heavy atom. The summed E-state index contributed by atoms with van der Waals surface area (Å²) in [7, 11) is 0. The molecule has 2 atom stereocenters. The van der Waals surface area contributed by atoms with Crippen LogP contribution in [0.1, 0.15) is 12.8 Å². The summed E-state index contributed by atoms with van der Waals surface area (Å²) in [6, 6.07) is 7.88. The molecule has 2 unspecified atom stereocenters. The third-order valence-electron chi connectivity index (χ3n) is 3.46. The van der Waals surface area contributed by atoms with Crippen LogP contribution < -0.4 is 5.73 Å². The van der Waals surface area contributed by atoms with Crippen LogP contribution in [0.5, 0.6) is 0 Å². The Labute approximate surface area is 112 Å². The predicted octanol–water partition coefficient (Wildman–Crippen LogP) is 1.38. The van der Waals surface area contributed by atoms with E-state index in [4.69, 9.17) is 14.9 Å². The Balaban J connectivity index is 1.70. The van der Waals surface area contributed by atoms with Gasteiger partial charge in [0.2, 0.25) is 5.89 Å². The summed E-state index contributed by atoms with van der Waals surface area (Å²) < 4.78 is 11.4. The van der Waals surface area contributed by atoms with E-state index in [0.29, 0.717) is 13.2 Å². The second-order valence-corrected chi connectivity index (χ2v) is 5.08. The number of benzene rings is 1. The Kier molecular flexibility index (Phi) is 3.50. The fourth-order valence-corrected chi connectivity index (χ4v) is 2.37. The molecule has 102 valence electrons. The minimum Gasteiger partial charge on any atom is -0.439 e. The number of morpholine rings is 1. The first-order valence-electron chi connectivity index (χ1n) is 6.66. The fourth-order valence-electron chi connectivity index (χ4n) is 2.37. The van der Waals surface area contributed by atoms with Crippen molar-refractivity contribution in [1.82, 2.24) is 9.88 Å². The first-order valence-corrected chi connectivity index (χ1v) is 6.66. The van der Waals surface area contributed by atoms with Crippen LogP contribution in [0.15, 0.2) is 28.7 Å². The molecule has 1 fully saturated rings. The van der Waals surface area contributed by atoms with Crippen LogP contribution >= 0.6 is 0 Å². The number of rotatable bonds is 3. The number of nitrogens with two attached hydrogens (primary N) is 1. The molecule has 2 N–H and O–H groups in total. The molecule has 0 spiro atoms. The molecule has 1 saturated heterocycles. The molecule has 2 aromatic rings. The summed E-state index contributed by atoms with van der Waals surface area (Å²) >= 11 is 0. The molecule has 0 aliphatic carbocycles. The summed E-state index contributed by atoms with van der Waals surface area (Å²) in [5.41, 5.74) is 7.65. The molecule has 2 heterocycles. The molecule has 0 saturated carbocycles. The van der Waals surface area contributed by atoms with Gasteiger partial charge < -0.3 is 14.9 Å². The van der Waals surface area contributed by atoms with Gasteiger partial charge in [0, 0.05) is 19.1 Å². The zero-order valence-corrected chi connectivity index (χ0v) is 11.1. The zero-order chi connectivity index (χ0) is 13.2. The number of oxazole rings is 1. The third kappa shape index (κ3) is 2.78. The molecule has 1 aromatic heterocycles. The monoisotopic (exact) mass is 261 g/mol. The lowest BCUT2D eigenvalue weighted by Crippen LogP contribution is -2.49. The Hall–Kier alpha value is -1.43. The topological polar surface area (TPSA) is 64.5 Å². The number of hydrogen-bond acceptors (Lipinski definition) is 5. The highest BCUT2D eigenvalue weighted by Crippen LogP contribution is 2.17. The van der Waals surface area contributed by atoms with Crippen LogP contribution in [0.25, 0.3) is 11.1 Å². The van der Waals surface area contributed by atoms with E-state index < -0.39 is 0 Å². The van der Waals surface area contributed by atoms with Crippen molar-refractivity contribution < 1.29 is 9.15 Å². The Morgan fingerprint density at radius 1 is 1.47 bits per heavy atom. The second-order valence-electron chi connectivity index (χ2n) is 5.08. The van der Waals surface area contributed by atoms with Crippen molar-refractivity contribution in [3.05, 3.63) is 30.2 Å². The standard InChI is InChI=1S/C14H19N3O2/c1-10(15)13-8-17(6-7-18-13)9-14-16-11-4-2-3-5-12(11)19-14/h2-5,10,13H,6-9,15H2,1H3. The first kappa shape index (κ1) is 12.6. The van der Waals surface area contributed by atoms with Gasteiger partial charge in [-0.2, -0.15) is 0 Å². The molecule has 3 rings (SSSR count). The SMILES string of the molecule is CC(N)C1CN(Cc2nc3ccccc3o2)CCO1. The van der Waals surface area contributed by atoms with Gasteiger partial charge in [0.15, 0.2) is 5.58 Å². The van der Waals surface area contributed by atoms with Gasteiger partial charge in [-0.3, -0.25) is 4.90 Å². The minimum atomic E-state index is 0.0476. The van der Waals surface area contributed by atoms with Crippen molar-refractivity contribution in [3.63, 3.8) is 0 Å². The highest BCUT2D eigenvalue weighted by molar-refractivity contribution is 5.72. The number of nitrogens with zero attached hydrogens (tertiary/aromatic N) is 2. The molecular formula is C14H19N3O2. The van der Waals surface area contributed by atoms with E-state index >= 15 is 0 Å². The number of hydrogen-bond donors (Lipinski definition) is 1. The highest BCUT2D eigenvalue weighted by atomic mass is 16.5. The maximum absolute atomic E-state index is 5.89. The molecule has 1 aromatic carbocycles. The van der Waals surface area contributed by atoms with E-state index in [-0.39, 0.29) is 12.1 Å². The van der Waals surface area contributed by atoms with Gasteiger partial charge in [-0.15, -0.1) is 0 Å². The van der Waals surface area contributed by atoms with Gasteiger partial charge in [-0.25, -0.2) is 4.98 Å². The summed E-state index contributed by atoms with van der Waals surface area (Å²) in [4.78, 5) is 6.78. The van der Waals surface area contributed by atoms with Gasteiger partial charge >= 0.3 is 0 Å². The highest BCUT2D eigenvalue weighted by Gasteiger charge is 2.24. The average Bonchev–Trinajstić information content (AvgIpc) is 2.81. The summed E-state index contributed by atoms with van der Waals surface area (Å²) in [5, 5.41) is 0. The molecule has 0 amide bonds. The van der Waals surface area contributed by atoms with Crippen molar-refractivity contribution >= 4 is 11.1 Å². The lowest BCUT2D eigenvalue weighted by molar-refractivity contribution is -0.0422. The largest absolute Gasteiger partial charge is 0.439 e. The number of fused-ring (bicyclic) bond motifs is 1. The molecular weight excluding hydrogens is 242 g/mol. The quantitative estimate of drug-likeness (QED) is 0.904. The molecule has 0 bridgehead atoms. The van der Waals surface area contributed by atoms with Crippen molar-refractivity contribution in [2.45, 2.75) is 25.6 Å². The lowest BCUT2D eigenvalue weighted by Gasteiger charge is -2.33. The van der Waals surface area contributed by atoms with E-state index in [0.717, 1.165) is 30.1 Å². The number of para-hydroxylation sites is 2. The molecule has 1 aliphatic heterocycles. The average molecular weight is 261 g/mol. The maximum Gasteiger partial charge on any atom is 0.209 e. The van der Waals surface area contributed by atoms with Gasteiger partial charge in [0.25, 0.3) is 0 Å². The van der Waals surface area contributed by atoms with Crippen LogP contribution in [0.4, 0.5) is 0 Å². The minimum absolute atomic E-state index is 0.0476. The van der Waals surface area contributed by atoms with E-state index in [1.165, 1.54) is 0 Å². The summed E-state index contributed by atoms with van der Waals surface area (Å²) in [6.45, 7) is 5.12. The molecule has 19 heavy (non-hydrogen) atoms. The molecule has 5 heteroatoms. The summed E-state index contributed by atoms with van der Waals surface area (Å²) in [6.07, 6.45) is 0.0955. The van der Waals surface area contributed by atoms with Crippen LogP contribution in [-0.4, -0.2) is 41.7 Å². The van der Waals surface area contributed by atoms with Crippen molar-refractivity contribution in [2.75, 3.05) is 19.7 Å². The first-order chi connectivity index (χ1) is 9.22. The van der Waals surface area contributed by atoms with E-state index in [1.54, 1.807) is 0 Å². The Bertz CT molecular complexity index is 519. The Morgan fingerprint density at radius 3 is 3.11 bits per heavy atom. The second kappa shape index (κ2) is 5.28. The molecule has 5 nitrogen and oxygen atoms in total. The third-order valence-corrected chi connectivity index (χ3v) is 3.46. The van der Waals surface area contributed by atoms with Crippen LogP contribution in [0.3, 0.4) is 0 Å². The lowest BCUT2D eigenvalue weighted by atomic mass is 10.1. The van der Waals surface area contributed by atoms with Gasteiger partial charge in [0.1, 0.15) is 5.52 Å². The maximum atomic E-state index is 5.89. The van der Waals surface area contributed by atoms with Crippen LogP contribution in [-0.2, 0) is 11.3 Å².